The Morgan fingerprint density at radius 3 is 2.18 bits per heavy atom. The lowest BCUT2D eigenvalue weighted by Crippen LogP contribution is -2.30. The maximum absolute atomic E-state index is 13.2. The molecule has 2 aromatic rings. The molecule has 8 heteroatoms. The Balaban J connectivity index is 2.12. The Morgan fingerprint density at radius 2 is 1.64 bits per heavy atom. The normalized spacial score (nSPS) is 16.4. The van der Waals surface area contributed by atoms with Crippen molar-refractivity contribution in [3.05, 3.63) is 59.2 Å². The van der Waals surface area contributed by atoms with Crippen LogP contribution in [0.4, 0.5) is 0 Å². The monoisotopic (exact) mass is 408 g/mol. The predicted molar refractivity (Wildman–Crippen MR) is 104 cm³/mol. The van der Waals surface area contributed by atoms with Crippen LogP contribution in [0.3, 0.4) is 0 Å². The van der Waals surface area contributed by atoms with Crippen molar-refractivity contribution in [2.24, 2.45) is 0 Å². The van der Waals surface area contributed by atoms with Gasteiger partial charge in [-0.25, -0.2) is 0 Å². The molecule has 3 rings (SSSR count). The fraction of sp³-hybridized carbons (Fsp3) is 0.400. The number of aliphatic hydroxyl groups is 1. The van der Waals surface area contributed by atoms with Gasteiger partial charge < -0.3 is 28.7 Å². The third-order valence-electron chi connectivity index (χ3n) is 4.46. The maximum Gasteiger partial charge on any atom is 0.361 e. The Hall–Kier alpha value is -1.73. The highest BCUT2D eigenvalue weighted by atomic mass is 31.2. The highest BCUT2D eigenvalue weighted by Crippen LogP contribution is 2.49. The minimum atomic E-state index is -3.55. The van der Waals surface area contributed by atoms with E-state index in [-0.39, 0.29) is 25.6 Å². The first-order chi connectivity index (χ1) is 13.5. The minimum Gasteiger partial charge on any atom is -0.507 e. The smallest absolute Gasteiger partial charge is 0.361 e. The van der Waals surface area contributed by atoms with Crippen LogP contribution < -0.4 is 5.30 Å². The van der Waals surface area contributed by atoms with E-state index >= 15 is 0 Å². The zero-order valence-corrected chi connectivity index (χ0v) is 16.9. The molecular weight excluding hydrogens is 383 g/mol. The fourth-order valence-corrected chi connectivity index (χ4v) is 4.80. The van der Waals surface area contributed by atoms with E-state index in [1.165, 1.54) is 12.1 Å². The van der Waals surface area contributed by atoms with Gasteiger partial charge in [0.1, 0.15) is 5.75 Å². The maximum atomic E-state index is 13.2. The number of hydrogen-bond donors (Lipinski definition) is 2. The molecule has 2 aromatic carbocycles. The van der Waals surface area contributed by atoms with E-state index in [9.17, 15) is 14.8 Å². The number of aromatic hydroxyl groups is 1. The van der Waals surface area contributed by atoms with Crippen LogP contribution in [0, 0.1) is 0 Å². The van der Waals surface area contributed by atoms with E-state index in [1.807, 2.05) is 0 Å². The Bertz CT molecular complexity index is 834. The Labute approximate surface area is 164 Å². The lowest BCUT2D eigenvalue weighted by molar-refractivity contribution is -0.130. The van der Waals surface area contributed by atoms with Gasteiger partial charge in [0.25, 0.3) is 0 Å². The van der Waals surface area contributed by atoms with Crippen molar-refractivity contribution in [2.45, 2.75) is 26.2 Å². The first-order valence-corrected chi connectivity index (χ1v) is 10.7. The molecule has 0 aliphatic carbocycles. The van der Waals surface area contributed by atoms with Gasteiger partial charge in [-0.2, -0.15) is 0 Å². The van der Waals surface area contributed by atoms with Crippen molar-refractivity contribution < 1.29 is 33.3 Å². The summed E-state index contributed by atoms with van der Waals surface area (Å²) in [6.45, 7) is 4.49. The summed E-state index contributed by atoms with van der Waals surface area (Å²) in [4.78, 5) is 0. The van der Waals surface area contributed by atoms with E-state index in [0.29, 0.717) is 29.6 Å². The molecule has 152 valence electrons. The molecule has 0 atom stereocenters. The third kappa shape index (κ3) is 3.87. The van der Waals surface area contributed by atoms with E-state index in [1.54, 1.807) is 44.2 Å². The first-order valence-electron chi connectivity index (χ1n) is 9.20. The fourth-order valence-electron chi connectivity index (χ4n) is 3.20. The summed E-state index contributed by atoms with van der Waals surface area (Å²) >= 11 is 0. The van der Waals surface area contributed by atoms with Crippen LogP contribution in [-0.4, -0.2) is 36.6 Å². The summed E-state index contributed by atoms with van der Waals surface area (Å²) in [6, 6.07) is 11.6. The molecule has 1 aliphatic heterocycles. The molecule has 1 aliphatic rings. The summed E-state index contributed by atoms with van der Waals surface area (Å²) in [5, 5.41) is 20.2. The molecule has 1 heterocycles. The van der Waals surface area contributed by atoms with Crippen LogP contribution in [0.5, 0.6) is 5.75 Å². The van der Waals surface area contributed by atoms with Gasteiger partial charge >= 0.3 is 7.60 Å². The van der Waals surface area contributed by atoms with Gasteiger partial charge in [0, 0.05) is 5.56 Å². The van der Waals surface area contributed by atoms with Gasteiger partial charge in [-0.1, -0.05) is 24.3 Å². The molecule has 0 radical (unpaired) electrons. The van der Waals surface area contributed by atoms with Gasteiger partial charge in [0.15, 0.2) is 0 Å². The average molecular weight is 408 g/mol. The number of phenolic OH excluding ortho intramolecular Hbond substituents is 1. The van der Waals surface area contributed by atoms with Gasteiger partial charge in [0.2, 0.25) is 5.79 Å². The molecule has 0 amide bonds. The second-order valence-corrected chi connectivity index (χ2v) is 8.23. The summed E-state index contributed by atoms with van der Waals surface area (Å²) in [5.74, 6) is -1.41. The van der Waals surface area contributed by atoms with Crippen LogP contribution in [0.1, 0.15) is 30.5 Å². The molecule has 1 saturated heterocycles. The summed E-state index contributed by atoms with van der Waals surface area (Å²) in [6.07, 6.45) is 0. The largest absolute Gasteiger partial charge is 0.507 e. The van der Waals surface area contributed by atoms with Crippen LogP contribution >= 0.6 is 7.60 Å². The van der Waals surface area contributed by atoms with Crippen molar-refractivity contribution in [3.63, 3.8) is 0 Å². The predicted octanol–water partition coefficient (Wildman–Crippen LogP) is 3.02. The quantitative estimate of drug-likeness (QED) is 0.649. The number of phenols is 1. The topological polar surface area (TPSA) is 94.5 Å². The Kier molecular flexibility index (Phi) is 6.55. The molecule has 0 spiro atoms. The van der Waals surface area contributed by atoms with E-state index in [0.717, 1.165) is 5.56 Å². The summed E-state index contributed by atoms with van der Waals surface area (Å²) in [7, 11) is -3.55. The van der Waals surface area contributed by atoms with Crippen LogP contribution in [0.2, 0.25) is 0 Å². The molecule has 0 unspecified atom stereocenters. The molecule has 2 N–H and O–H groups in total. The number of rotatable bonds is 8. The SMILES string of the molecule is CCOP(=O)(OCC)c1ccc(O)c(C2(c3ccc(CO)cc3)OCCO2)c1. The van der Waals surface area contributed by atoms with Crippen LogP contribution in [-0.2, 0) is 35.5 Å². The van der Waals surface area contributed by atoms with Crippen molar-refractivity contribution >= 4 is 12.9 Å². The van der Waals surface area contributed by atoms with Crippen molar-refractivity contribution in [1.29, 1.82) is 0 Å². The lowest BCUT2D eigenvalue weighted by atomic mass is 9.95. The molecule has 7 nitrogen and oxygen atoms in total. The highest BCUT2D eigenvalue weighted by Gasteiger charge is 2.44. The van der Waals surface area contributed by atoms with Crippen molar-refractivity contribution in [3.8, 4) is 5.75 Å². The van der Waals surface area contributed by atoms with Crippen molar-refractivity contribution in [1.82, 2.24) is 0 Å². The van der Waals surface area contributed by atoms with E-state index in [2.05, 4.69) is 0 Å². The third-order valence-corrected chi connectivity index (χ3v) is 6.57. The van der Waals surface area contributed by atoms with Gasteiger partial charge in [-0.3, -0.25) is 4.57 Å². The number of hydrogen-bond acceptors (Lipinski definition) is 7. The molecule has 28 heavy (non-hydrogen) atoms. The minimum absolute atomic E-state index is 0.0589. The van der Waals surface area contributed by atoms with Crippen molar-refractivity contribution in [2.75, 3.05) is 26.4 Å². The number of aliphatic hydroxyl groups excluding tert-OH is 1. The molecule has 0 saturated carbocycles. The molecule has 1 fully saturated rings. The highest BCUT2D eigenvalue weighted by molar-refractivity contribution is 7.62. The zero-order chi connectivity index (χ0) is 20.2. The average Bonchev–Trinajstić information content (AvgIpc) is 3.19. The summed E-state index contributed by atoms with van der Waals surface area (Å²) in [5.41, 5.74) is 1.71. The number of benzene rings is 2. The molecule has 0 aromatic heterocycles. The van der Waals surface area contributed by atoms with Gasteiger partial charge in [-0.15, -0.1) is 0 Å². The molecule has 0 bridgehead atoms. The Morgan fingerprint density at radius 1 is 1.04 bits per heavy atom. The van der Waals surface area contributed by atoms with Gasteiger partial charge in [0.05, 0.1) is 43.9 Å². The summed E-state index contributed by atoms with van der Waals surface area (Å²) < 4.78 is 35.9. The molecular formula is C20H25O7P. The standard InChI is InChI=1S/C20H25O7P/c1-3-26-28(23,27-4-2)17-9-10-19(22)18(13-17)20(24-11-12-25-20)16-7-5-15(14-21)6-8-16/h5-10,13,21-22H,3-4,11-12,14H2,1-2H3. The van der Waals surface area contributed by atoms with E-state index in [4.69, 9.17) is 18.5 Å². The van der Waals surface area contributed by atoms with E-state index < -0.39 is 13.4 Å². The number of ether oxygens (including phenoxy) is 2. The first kappa shape index (κ1) is 21.0. The second kappa shape index (κ2) is 8.74. The lowest BCUT2D eigenvalue weighted by Gasteiger charge is -2.30. The van der Waals surface area contributed by atoms with Gasteiger partial charge in [-0.05, 0) is 37.6 Å². The second-order valence-electron chi connectivity index (χ2n) is 6.20. The van der Waals surface area contributed by atoms with Crippen LogP contribution in [0.25, 0.3) is 0 Å². The van der Waals surface area contributed by atoms with Crippen LogP contribution in [0.15, 0.2) is 42.5 Å². The zero-order valence-electron chi connectivity index (χ0n) is 16.0.